The van der Waals surface area contributed by atoms with Gasteiger partial charge in [0.15, 0.2) is 6.10 Å². The molecule has 0 saturated heterocycles. The van der Waals surface area contributed by atoms with Crippen LogP contribution in [0.25, 0.3) is 0 Å². The van der Waals surface area contributed by atoms with Crippen LogP contribution in [-0.4, -0.2) is 37.2 Å². The maximum atomic E-state index is 12.8. The molecule has 0 aromatic carbocycles. The second-order valence-electron chi connectivity index (χ2n) is 18.2. The Labute approximate surface area is 355 Å². The first-order chi connectivity index (χ1) is 27.8. The highest BCUT2D eigenvalue weighted by atomic mass is 16.6. The highest BCUT2D eigenvalue weighted by Crippen LogP contribution is 2.18. The summed E-state index contributed by atoms with van der Waals surface area (Å²) in [6, 6.07) is 0. The summed E-state index contributed by atoms with van der Waals surface area (Å²) < 4.78 is 16.8. The lowest BCUT2D eigenvalue weighted by Crippen LogP contribution is -2.30. The first kappa shape index (κ1) is 55.4. The van der Waals surface area contributed by atoms with Gasteiger partial charge in [-0.25, -0.2) is 0 Å². The van der Waals surface area contributed by atoms with Crippen LogP contribution in [0, 0.1) is 11.8 Å². The summed E-state index contributed by atoms with van der Waals surface area (Å²) >= 11 is 0. The quantitative estimate of drug-likeness (QED) is 0.0346. The van der Waals surface area contributed by atoms with Gasteiger partial charge in [0.25, 0.3) is 0 Å². The maximum Gasteiger partial charge on any atom is 0.306 e. The molecule has 0 aliphatic rings. The van der Waals surface area contributed by atoms with Crippen molar-refractivity contribution in [2.24, 2.45) is 11.8 Å². The van der Waals surface area contributed by atoms with Gasteiger partial charge in [-0.15, -0.1) is 0 Å². The molecule has 338 valence electrons. The van der Waals surface area contributed by atoms with Crippen LogP contribution in [0.3, 0.4) is 0 Å². The van der Waals surface area contributed by atoms with Gasteiger partial charge in [-0.3, -0.25) is 14.4 Å². The van der Waals surface area contributed by atoms with Gasteiger partial charge in [0.1, 0.15) is 13.2 Å². The Hall–Kier alpha value is -1.59. The van der Waals surface area contributed by atoms with E-state index >= 15 is 0 Å². The van der Waals surface area contributed by atoms with Gasteiger partial charge in [-0.1, -0.05) is 240 Å². The third-order valence-corrected chi connectivity index (χ3v) is 11.8. The van der Waals surface area contributed by atoms with Gasteiger partial charge in [-0.05, 0) is 31.1 Å². The highest BCUT2D eigenvalue weighted by Gasteiger charge is 2.19. The molecule has 0 fully saturated rings. The predicted molar refractivity (Wildman–Crippen MR) is 243 cm³/mol. The number of hydrogen-bond donors (Lipinski definition) is 0. The zero-order valence-electron chi connectivity index (χ0n) is 39.0. The molecule has 0 aliphatic heterocycles. The number of unbranched alkanes of at least 4 members (excludes halogenated alkanes) is 29. The Kier molecular flexibility index (Phi) is 42.7. The van der Waals surface area contributed by atoms with Crippen molar-refractivity contribution >= 4 is 17.9 Å². The van der Waals surface area contributed by atoms with Gasteiger partial charge >= 0.3 is 17.9 Å². The minimum Gasteiger partial charge on any atom is -0.462 e. The molecule has 57 heavy (non-hydrogen) atoms. The summed E-state index contributed by atoms with van der Waals surface area (Å²) in [5.41, 5.74) is 0. The van der Waals surface area contributed by atoms with E-state index in [-0.39, 0.29) is 31.1 Å². The van der Waals surface area contributed by atoms with Crippen LogP contribution in [0.15, 0.2) is 0 Å². The van der Waals surface area contributed by atoms with Crippen LogP contribution < -0.4 is 0 Å². The van der Waals surface area contributed by atoms with Gasteiger partial charge < -0.3 is 14.2 Å². The first-order valence-corrected chi connectivity index (χ1v) is 25.3. The molecule has 0 saturated carbocycles. The molecule has 0 amide bonds. The molecule has 0 aliphatic carbocycles. The predicted octanol–water partition coefficient (Wildman–Crippen LogP) is 16.1. The fourth-order valence-corrected chi connectivity index (χ4v) is 7.60. The van der Waals surface area contributed by atoms with Crippen molar-refractivity contribution in [2.45, 2.75) is 285 Å². The Bertz CT molecular complexity index is 872. The van der Waals surface area contributed by atoms with Crippen molar-refractivity contribution in [2.75, 3.05) is 13.2 Å². The summed E-state index contributed by atoms with van der Waals surface area (Å²) in [5, 5.41) is 0. The lowest BCUT2D eigenvalue weighted by Gasteiger charge is -2.18. The van der Waals surface area contributed by atoms with Crippen LogP contribution in [0.5, 0.6) is 0 Å². The molecule has 0 aromatic rings. The molecular formula is C51H98O6. The van der Waals surface area contributed by atoms with Gasteiger partial charge in [0.05, 0.1) is 0 Å². The van der Waals surface area contributed by atoms with Crippen LogP contribution in [0.1, 0.15) is 279 Å². The molecule has 6 heteroatoms. The van der Waals surface area contributed by atoms with E-state index in [0.717, 1.165) is 69.6 Å². The summed E-state index contributed by atoms with van der Waals surface area (Å²) in [6.07, 6.45) is 43.8. The fraction of sp³-hybridized carbons (Fsp3) is 0.941. The van der Waals surface area contributed by atoms with E-state index in [1.54, 1.807) is 0 Å². The van der Waals surface area contributed by atoms with Crippen molar-refractivity contribution in [1.82, 2.24) is 0 Å². The molecule has 6 nitrogen and oxygen atoms in total. The van der Waals surface area contributed by atoms with E-state index < -0.39 is 6.10 Å². The van der Waals surface area contributed by atoms with Crippen molar-refractivity contribution in [1.29, 1.82) is 0 Å². The van der Waals surface area contributed by atoms with Crippen molar-refractivity contribution in [3.63, 3.8) is 0 Å². The molecular weight excluding hydrogens is 709 g/mol. The maximum absolute atomic E-state index is 12.8. The van der Waals surface area contributed by atoms with E-state index in [0.29, 0.717) is 19.3 Å². The van der Waals surface area contributed by atoms with Crippen LogP contribution >= 0.6 is 0 Å². The molecule has 0 aromatic heterocycles. The Balaban J connectivity index is 4.29. The van der Waals surface area contributed by atoms with Crippen molar-refractivity contribution in [3.05, 3.63) is 0 Å². The minimum absolute atomic E-state index is 0.0649. The van der Waals surface area contributed by atoms with Gasteiger partial charge in [0, 0.05) is 19.3 Å². The van der Waals surface area contributed by atoms with E-state index in [1.807, 2.05) is 0 Å². The zero-order chi connectivity index (χ0) is 41.9. The molecule has 0 radical (unpaired) electrons. The Morgan fingerprint density at radius 2 is 0.667 bits per heavy atom. The lowest BCUT2D eigenvalue weighted by molar-refractivity contribution is -0.167. The largest absolute Gasteiger partial charge is 0.462 e. The van der Waals surface area contributed by atoms with E-state index in [4.69, 9.17) is 14.2 Å². The average molecular weight is 807 g/mol. The lowest BCUT2D eigenvalue weighted by atomic mass is 9.99. The SMILES string of the molecule is CCCCCCCCCCCCCCCCCCC(=O)O[C@H](COC(=O)CCCCCCCCCCCCC(C)CC)COC(=O)CCCCCCCCC(C)C. The van der Waals surface area contributed by atoms with Crippen molar-refractivity contribution < 1.29 is 28.6 Å². The second kappa shape index (κ2) is 44.0. The van der Waals surface area contributed by atoms with Crippen LogP contribution in [-0.2, 0) is 28.6 Å². The monoisotopic (exact) mass is 807 g/mol. The van der Waals surface area contributed by atoms with Crippen molar-refractivity contribution in [3.8, 4) is 0 Å². The Morgan fingerprint density at radius 3 is 1.00 bits per heavy atom. The first-order valence-electron chi connectivity index (χ1n) is 25.3. The molecule has 0 bridgehead atoms. The molecule has 1 unspecified atom stereocenters. The third-order valence-electron chi connectivity index (χ3n) is 11.8. The molecule has 0 spiro atoms. The zero-order valence-corrected chi connectivity index (χ0v) is 39.0. The normalized spacial score (nSPS) is 12.5. The summed E-state index contributed by atoms with van der Waals surface area (Å²) in [5.74, 6) is 0.778. The van der Waals surface area contributed by atoms with E-state index in [9.17, 15) is 14.4 Å². The number of hydrogen-bond acceptors (Lipinski definition) is 6. The number of carbonyl (C=O) groups is 3. The van der Waals surface area contributed by atoms with Crippen LogP contribution in [0.4, 0.5) is 0 Å². The van der Waals surface area contributed by atoms with E-state index in [1.165, 1.54) is 167 Å². The number of esters is 3. The summed E-state index contributed by atoms with van der Waals surface area (Å²) in [6.45, 7) is 11.3. The van der Waals surface area contributed by atoms with Gasteiger partial charge in [0.2, 0.25) is 0 Å². The third kappa shape index (κ3) is 43.8. The minimum atomic E-state index is -0.762. The van der Waals surface area contributed by atoms with E-state index in [2.05, 4.69) is 34.6 Å². The molecule has 0 rings (SSSR count). The number of ether oxygens (including phenoxy) is 3. The highest BCUT2D eigenvalue weighted by molar-refractivity contribution is 5.71. The van der Waals surface area contributed by atoms with Gasteiger partial charge in [-0.2, -0.15) is 0 Å². The topological polar surface area (TPSA) is 78.9 Å². The smallest absolute Gasteiger partial charge is 0.306 e. The standard InChI is InChI=1S/C51H98O6/c1-6-8-9-10-11-12-13-14-15-16-17-18-23-26-33-38-43-51(54)57-48(45-56-50(53)42-37-32-28-27-29-34-39-46(3)4)44-55-49(52)41-36-31-25-22-20-19-21-24-30-35-40-47(5)7-2/h46-48H,6-45H2,1-5H3/t47?,48-/m1/s1. The second-order valence-corrected chi connectivity index (χ2v) is 18.2. The molecule has 0 N–H and O–H groups in total. The molecule has 2 atom stereocenters. The average Bonchev–Trinajstić information content (AvgIpc) is 3.19. The Morgan fingerprint density at radius 1 is 0.368 bits per heavy atom. The van der Waals surface area contributed by atoms with Crippen LogP contribution in [0.2, 0.25) is 0 Å². The number of carbonyl (C=O) groups excluding carboxylic acids is 3. The summed E-state index contributed by atoms with van der Waals surface area (Å²) in [7, 11) is 0. The number of rotatable bonds is 45. The molecule has 0 heterocycles. The fourth-order valence-electron chi connectivity index (χ4n) is 7.60. The summed E-state index contributed by atoms with van der Waals surface area (Å²) in [4.78, 5) is 37.8.